The second-order valence-electron chi connectivity index (χ2n) is 8.95. The van der Waals surface area contributed by atoms with Gasteiger partial charge in [-0.15, -0.1) is 0 Å². The molecular formula is C27H25N5O2. The van der Waals surface area contributed by atoms with Gasteiger partial charge < -0.3 is 10.0 Å². The molecule has 2 aromatic carbocycles. The van der Waals surface area contributed by atoms with Crippen LogP contribution in [0.25, 0.3) is 22.2 Å². The number of nitrogens with zero attached hydrogens (tertiary/aromatic N) is 5. The molecule has 1 atom stereocenters. The summed E-state index contributed by atoms with van der Waals surface area (Å²) >= 11 is 0. The van der Waals surface area contributed by atoms with Crippen LogP contribution in [0, 0.1) is 0 Å². The molecule has 0 unspecified atom stereocenters. The quantitative estimate of drug-likeness (QED) is 0.480. The number of aromatic nitrogens is 3. The Labute approximate surface area is 197 Å². The molecule has 7 nitrogen and oxygen atoms in total. The van der Waals surface area contributed by atoms with Crippen molar-refractivity contribution < 1.29 is 9.90 Å². The summed E-state index contributed by atoms with van der Waals surface area (Å²) in [6.07, 6.45) is 5.98. The zero-order valence-electron chi connectivity index (χ0n) is 18.8. The van der Waals surface area contributed by atoms with Crippen molar-refractivity contribution in [1.29, 1.82) is 0 Å². The lowest BCUT2D eigenvalue weighted by molar-refractivity contribution is -0.142. The smallest absolute Gasteiger partial charge is 0.320 e. The topological polar surface area (TPSA) is 82.5 Å². The van der Waals surface area contributed by atoms with E-state index in [0.717, 1.165) is 54.0 Å². The highest BCUT2D eigenvalue weighted by molar-refractivity contribution is 5.90. The minimum Gasteiger partial charge on any atom is -0.480 e. The first-order chi connectivity index (χ1) is 16.7. The number of pyridine rings is 1. The lowest BCUT2D eigenvalue weighted by Crippen LogP contribution is -2.35. The van der Waals surface area contributed by atoms with Crippen LogP contribution in [0.4, 0.5) is 11.5 Å². The zero-order chi connectivity index (χ0) is 23.1. The molecule has 1 fully saturated rings. The van der Waals surface area contributed by atoms with Crippen molar-refractivity contribution >= 4 is 28.5 Å². The van der Waals surface area contributed by atoms with Crippen LogP contribution in [0.1, 0.15) is 24.0 Å². The average Bonchev–Trinajstić information content (AvgIpc) is 3.51. The fourth-order valence-corrected chi connectivity index (χ4v) is 5.33. The van der Waals surface area contributed by atoms with Crippen LogP contribution >= 0.6 is 0 Å². The van der Waals surface area contributed by atoms with Crippen molar-refractivity contribution in [2.24, 2.45) is 0 Å². The maximum absolute atomic E-state index is 11.5. The fourth-order valence-electron chi connectivity index (χ4n) is 5.33. The van der Waals surface area contributed by atoms with Crippen molar-refractivity contribution in [2.45, 2.75) is 31.8 Å². The zero-order valence-corrected chi connectivity index (χ0v) is 18.8. The lowest BCUT2D eigenvalue weighted by Gasteiger charge is -2.22. The van der Waals surface area contributed by atoms with E-state index >= 15 is 0 Å². The molecule has 0 radical (unpaired) electrons. The minimum atomic E-state index is -0.751. The summed E-state index contributed by atoms with van der Waals surface area (Å²) in [5.41, 5.74) is 7.48. The van der Waals surface area contributed by atoms with Crippen molar-refractivity contribution in [3.8, 4) is 11.1 Å². The fraction of sp³-hybridized carbons (Fsp3) is 0.259. The maximum atomic E-state index is 11.5. The van der Waals surface area contributed by atoms with Gasteiger partial charge in [-0.1, -0.05) is 42.5 Å². The van der Waals surface area contributed by atoms with E-state index in [9.17, 15) is 9.90 Å². The Bertz CT molecular complexity index is 1370. The third kappa shape index (κ3) is 3.58. The Hall–Kier alpha value is -3.84. The van der Waals surface area contributed by atoms with E-state index in [0.29, 0.717) is 13.0 Å². The number of fused-ring (bicyclic) bond motifs is 2. The molecule has 0 saturated carbocycles. The van der Waals surface area contributed by atoms with Crippen LogP contribution in [-0.2, 0) is 17.8 Å². The normalized spacial score (nSPS) is 17.9. The molecule has 2 aromatic heterocycles. The average molecular weight is 452 g/mol. The first-order valence-corrected chi connectivity index (χ1v) is 11.7. The molecule has 1 saturated heterocycles. The van der Waals surface area contributed by atoms with E-state index in [2.05, 4.69) is 57.3 Å². The molecule has 0 spiro atoms. The second-order valence-corrected chi connectivity index (χ2v) is 8.95. The molecule has 1 N–H and O–H groups in total. The number of carboxylic acids is 1. The van der Waals surface area contributed by atoms with Crippen LogP contribution in [-0.4, -0.2) is 50.1 Å². The van der Waals surface area contributed by atoms with Crippen molar-refractivity contribution in [3.05, 3.63) is 78.2 Å². The summed E-state index contributed by atoms with van der Waals surface area (Å²) in [6.45, 7) is 2.19. The monoisotopic (exact) mass is 451 g/mol. The molecule has 0 bridgehead atoms. The Morgan fingerprint density at radius 1 is 1.03 bits per heavy atom. The largest absolute Gasteiger partial charge is 0.480 e. The maximum Gasteiger partial charge on any atom is 0.320 e. The van der Waals surface area contributed by atoms with Gasteiger partial charge in [-0.25, -0.2) is 9.97 Å². The van der Waals surface area contributed by atoms with Gasteiger partial charge in [0, 0.05) is 25.0 Å². The van der Waals surface area contributed by atoms with Gasteiger partial charge in [0.25, 0.3) is 0 Å². The van der Waals surface area contributed by atoms with Crippen molar-refractivity contribution in [1.82, 2.24) is 19.9 Å². The molecule has 170 valence electrons. The molecule has 2 aliphatic rings. The van der Waals surface area contributed by atoms with E-state index < -0.39 is 12.0 Å². The first kappa shape index (κ1) is 20.7. The van der Waals surface area contributed by atoms with Gasteiger partial charge in [-0.05, 0) is 60.2 Å². The summed E-state index contributed by atoms with van der Waals surface area (Å²) in [6, 6.07) is 18.5. The molecule has 6 rings (SSSR count). The van der Waals surface area contributed by atoms with Crippen LogP contribution in [0.2, 0.25) is 0 Å². The number of carbonyl (C=O) groups is 1. The Kier molecular flexibility index (Phi) is 5.19. The molecule has 0 amide bonds. The summed E-state index contributed by atoms with van der Waals surface area (Å²) in [4.78, 5) is 29.6. The Morgan fingerprint density at radius 2 is 1.91 bits per heavy atom. The summed E-state index contributed by atoms with van der Waals surface area (Å²) in [5, 5.41) is 9.48. The number of hydrogen-bond donors (Lipinski definition) is 1. The molecule has 4 aromatic rings. The van der Waals surface area contributed by atoms with E-state index in [1.807, 2.05) is 23.2 Å². The molecule has 0 aliphatic carbocycles. The summed E-state index contributed by atoms with van der Waals surface area (Å²) in [5.74, 6) is 0.0588. The molecule has 4 heterocycles. The van der Waals surface area contributed by atoms with Crippen molar-refractivity contribution in [2.75, 3.05) is 18.0 Å². The second kappa shape index (κ2) is 8.50. The molecule has 34 heavy (non-hydrogen) atoms. The Balaban J connectivity index is 1.34. The standard InChI is InChI=1S/C27H25N5O2/c33-27(34)24-10-5-12-31(24)16-18-14-22-25(28-15-18)26(30-17-29-22)32-13-11-21-20(8-4-9-23(21)32)19-6-2-1-3-7-19/h1-4,6-9,14-15,17,24H,5,10-13,16H2,(H,33,34)/t24-/m0/s1. The highest BCUT2D eigenvalue weighted by Crippen LogP contribution is 2.40. The van der Waals surface area contributed by atoms with Crippen LogP contribution in [0.3, 0.4) is 0 Å². The lowest BCUT2D eigenvalue weighted by atomic mass is 9.98. The van der Waals surface area contributed by atoms with Crippen LogP contribution in [0.15, 0.2) is 67.1 Å². The first-order valence-electron chi connectivity index (χ1n) is 11.7. The van der Waals surface area contributed by atoms with E-state index in [4.69, 9.17) is 4.98 Å². The van der Waals surface area contributed by atoms with Crippen LogP contribution in [0.5, 0.6) is 0 Å². The highest BCUT2D eigenvalue weighted by atomic mass is 16.4. The number of rotatable bonds is 5. The number of aliphatic carboxylic acids is 1. The third-order valence-corrected chi connectivity index (χ3v) is 6.92. The predicted molar refractivity (Wildman–Crippen MR) is 131 cm³/mol. The van der Waals surface area contributed by atoms with Crippen molar-refractivity contribution in [3.63, 3.8) is 0 Å². The van der Waals surface area contributed by atoms with Gasteiger partial charge in [0.05, 0.1) is 5.52 Å². The number of carboxylic acid groups (broad SMARTS) is 1. The molecule has 2 aliphatic heterocycles. The minimum absolute atomic E-state index is 0.420. The Morgan fingerprint density at radius 3 is 2.76 bits per heavy atom. The van der Waals surface area contributed by atoms with Gasteiger partial charge in [-0.3, -0.25) is 14.7 Å². The molecular weight excluding hydrogens is 426 g/mol. The van der Waals surface area contributed by atoms with E-state index in [-0.39, 0.29) is 0 Å². The van der Waals surface area contributed by atoms with Crippen LogP contribution < -0.4 is 4.90 Å². The highest BCUT2D eigenvalue weighted by Gasteiger charge is 2.31. The van der Waals surface area contributed by atoms with E-state index in [1.54, 1.807) is 6.33 Å². The van der Waals surface area contributed by atoms with Gasteiger partial charge in [0.15, 0.2) is 5.82 Å². The SMILES string of the molecule is O=C(O)[C@@H]1CCCN1Cc1cnc2c(N3CCc4c(-c5ccccc5)cccc43)ncnc2c1. The number of likely N-dealkylation sites (tertiary alicyclic amines) is 1. The van der Waals surface area contributed by atoms with Gasteiger partial charge in [-0.2, -0.15) is 0 Å². The van der Waals surface area contributed by atoms with E-state index in [1.165, 1.54) is 16.7 Å². The molecule has 7 heteroatoms. The third-order valence-electron chi connectivity index (χ3n) is 6.92. The number of hydrogen-bond acceptors (Lipinski definition) is 6. The summed E-state index contributed by atoms with van der Waals surface area (Å²) < 4.78 is 0. The predicted octanol–water partition coefficient (Wildman–Crippen LogP) is 4.44. The number of anilines is 2. The van der Waals surface area contributed by atoms with Gasteiger partial charge >= 0.3 is 5.97 Å². The summed E-state index contributed by atoms with van der Waals surface area (Å²) in [7, 11) is 0. The number of benzene rings is 2. The van der Waals surface area contributed by atoms with Gasteiger partial charge in [0.2, 0.25) is 0 Å². The van der Waals surface area contributed by atoms with Gasteiger partial charge in [0.1, 0.15) is 17.9 Å².